The maximum Gasteiger partial charge on any atom is 0.270 e. The Kier molecular flexibility index (Phi) is 5.01. The average molecular weight is 414 g/mol. The molecule has 0 atom stereocenters. The van der Waals surface area contributed by atoms with Crippen LogP contribution in [0.2, 0.25) is 0 Å². The van der Waals surface area contributed by atoms with Crippen LogP contribution in [-0.4, -0.2) is 63.3 Å². The van der Waals surface area contributed by atoms with Crippen molar-refractivity contribution in [2.45, 2.75) is 0 Å². The predicted molar refractivity (Wildman–Crippen MR) is 118 cm³/mol. The van der Waals surface area contributed by atoms with Gasteiger partial charge in [0.05, 0.1) is 11.9 Å². The highest BCUT2D eigenvalue weighted by Gasteiger charge is 2.18. The van der Waals surface area contributed by atoms with Gasteiger partial charge in [-0.1, -0.05) is 18.2 Å². The third-order valence-corrected chi connectivity index (χ3v) is 5.32. The summed E-state index contributed by atoms with van der Waals surface area (Å²) in [6, 6.07) is 13.6. The number of anilines is 2. The van der Waals surface area contributed by atoms with Gasteiger partial charge in [-0.25, -0.2) is 15.0 Å². The molecule has 5 rings (SSSR count). The molecule has 1 aromatic carbocycles. The molecule has 1 fully saturated rings. The minimum atomic E-state index is 0.229. The predicted octanol–water partition coefficient (Wildman–Crippen LogP) is 2.59. The Morgan fingerprint density at radius 1 is 0.839 bits per heavy atom. The molecule has 3 aromatic heterocycles. The number of aromatic nitrogens is 5. The highest BCUT2D eigenvalue weighted by atomic mass is 16.4. The van der Waals surface area contributed by atoms with Crippen molar-refractivity contribution in [3.8, 4) is 34.3 Å². The van der Waals surface area contributed by atoms with E-state index in [1.807, 2.05) is 42.5 Å². The number of nitrogens with zero attached hydrogens (tertiary/aromatic N) is 7. The van der Waals surface area contributed by atoms with Crippen molar-refractivity contribution >= 4 is 11.6 Å². The van der Waals surface area contributed by atoms with Crippen molar-refractivity contribution in [1.29, 1.82) is 0 Å². The van der Waals surface area contributed by atoms with Crippen LogP contribution in [0.3, 0.4) is 0 Å². The average Bonchev–Trinajstić information content (AvgIpc) is 3.31. The van der Waals surface area contributed by atoms with Gasteiger partial charge >= 0.3 is 0 Å². The topological polar surface area (TPSA) is 110 Å². The Morgan fingerprint density at radius 2 is 1.61 bits per heavy atom. The zero-order valence-corrected chi connectivity index (χ0v) is 17.1. The van der Waals surface area contributed by atoms with Crippen LogP contribution in [0.25, 0.3) is 34.3 Å². The van der Waals surface area contributed by atoms with Gasteiger partial charge in [-0.3, -0.25) is 0 Å². The quantitative estimate of drug-likeness (QED) is 0.539. The summed E-state index contributed by atoms with van der Waals surface area (Å²) in [6.45, 7) is 4.00. The second kappa shape index (κ2) is 8.11. The third-order valence-electron chi connectivity index (χ3n) is 5.32. The van der Waals surface area contributed by atoms with E-state index in [2.05, 4.69) is 42.0 Å². The maximum atomic E-state index is 6.05. The number of nitrogen functional groups attached to an aromatic ring is 1. The number of piperazine rings is 1. The lowest BCUT2D eigenvalue weighted by molar-refractivity contribution is 0.312. The van der Waals surface area contributed by atoms with E-state index in [-0.39, 0.29) is 11.7 Å². The summed E-state index contributed by atoms with van der Waals surface area (Å²) in [5.74, 6) is 1.83. The van der Waals surface area contributed by atoms with Crippen molar-refractivity contribution < 1.29 is 4.42 Å². The summed E-state index contributed by atoms with van der Waals surface area (Å²) in [5, 5.41) is 8.23. The van der Waals surface area contributed by atoms with Crippen molar-refractivity contribution in [2.75, 3.05) is 43.9 Å². The van der Waals surface area contributed by atoms with E-state index in [4.69, 9.17) is 10.2 Å². The number of hydrogen-bond acceptors (Lipinski definition) is 9. The molecule has 0 spiro atoms. The SMILES string of the molecule is CN1CCN(c2ccc(-c3cnc(N)c(-c4nnc(-c5ccccc5)o4)n3)cn2)CC1. The molecule has 2 N–H and O–H groups in total. The van der Waals surface area contributed by atoms with Crippen LogP contribution < -0.4 is 10.6 Å². The molecule has 0 unspecified atom stereocenters. The molecule has 1 aliphatic heterocycles. The summed E-state index contributed by atoms with van der Waals surface area (Å²) < 4.78 is 5.80. The molecule has 0 aliphatic carbocycles. The van der Waals surface area contributed by atoms with E-state index < -0.39 is 0 Å². The number of hydrogen-bond donors (Lipinski definition) is 1. The van der Waals surface area contributed by atoms with Gasteiger partial charge in [0.15, 0.2) is 11.5 Å². The molecule has 4 heterocycles. The Balaban J connectivity index is 1.41. The molecule has 1 saturated heterocycles. The highest BCUT2D eigenvalue weighted by Crippen LogP contribution is 2.28. The molecule has 0 amide bonds. The highest BCUT2D eigenvalue weighted by molar-refractivity contribution is 5.69. The van der Waals surface area contributed by atoms with Crippen LogP contribution in [0.5, 0.6) is 0 Å². The number of pyridine rings is 1. The number of likely N-dealkylation sites (N-methyl/N-ethyl adjacent to an activating group) is 1. The van der Waals surface area contributed by atoms with Crippen LogP contribution >= 0.6 is 0 Å². The fourth-order valence-electron chi connectivity index (χ4n) is 3.47. The van der Waals surface area contributed by atoms with Gasteiger partial charge in [-0.15, -0.1) is 10.2 Å². The largest absolute Gasteiger partial charge is 0.414 e. The van der Waals surface area contributed by atoms with Crippen molar-refractivity contribution in [3.05, 3.63) is 54.9 Å². The minimum Gasteiger partial charge on any atom is -0.414 e. The second-order valence-corrected chi connectivity index (χ2v) is 7.46. The summed E-state index contributed by atoms with van der Waals surface area (Å²) >= 11 is 0. The first-order valence-corrected chi connectivity index (χ1v) is 10.1. The summed E-state index contributed by atoms with van der Waals surface area (Å²) in [7, 11) is 2.14. The first-order chi connectivity index (χ1) is 15.2. The van der Waals surface area contributed by atoms with E-state index in [0.717, 1.165) is 43.1 Å². The van der Waals surface area contributed by atoms with Crippen LogP contribution in [0.1, 0.15) is 0 Å². The van der Waals surface area contributed by atoms with Crippen LogP contribution in [0, 0.1) is 0 Å². The van der Waals surface area contributed by atoms with Crippen molar-refractivity contribution in [3.63, 3.8) is 0 Å². The molecule has 1 aliphatic rings. The molecular weight excluding hydrogens is 392 g/mol. The summed E-state index contributed by atoms with van der Waals surface area (Å²) in [4.78, 5) is 18.1. The maximum absolute atomic E-state index is 6.05. The molecule has 9 nitrogen and oxygen atoms in total. The fraction of sp³-hybridized carbons (Fsp3) is 0.227. The van der Waals surface area contributed by atoms with Crippen molar-refractivity contribution in [1.82, 2.24) is 30.0 Å². The Hall–Kier alpha value is -3.85. The van der Waals surface area contributed by atoms with Crippen LogP contribution in [0.4, 0.5) is 11.6 Å². The van der Waals surface area contributed by atoms with Gasteiger partial charge in [-0.05, 0) is 31.3 Å². The van der Waals surface area contributed by atoms with E-state index in [9.17, 15) is 0 Å². The molecule has 31 heavy (non-hydrogen) atoms. The summed E-state index contributed by atoms with van der Waals surface area (Å²) in [6.07, 6.45) is 3.43. The van der Waals surface area contributed by atoms with E-state index in [1.165, 1.54) is 0 Å². The Labute approximate surface area is 179 Å². The molecule has 0 bridgehead atoms. The lowest BCUT2D eigenvalue weighted by Crippen LogP contribution is -2.44. The third kappa shape index (κ3) is 3.95. The fourth-order valence-corrected chi connectivity index (χ4v) is 3.47. The van der Waals surface area contributed by atoms with Gasteiger partial charge < -0.3 is 20.0 Å². The number of nitrogens with two attached hydrogens (primary N) is 1. The van der Waals surface area contributed by atoms with Crippen molar-refractivity contribution in [2.24, 2.45) is 0 Å². The van der Waals surface area contributed by atoms with Gasteiger partial charge in [0, 0.05) is 43.5 Å². The van der Waals surface area contributed by atoms with Crippen LogP contribution in [-0.2, 0) is 0 Å². The summed E-state index contributed by atoms with van der Waals surface area (Å²) in [5.41, 5.74) is 8.72. The van der Waals surface area contributed by atoms with E-state index in [1.54, 1.807) is 12.4 Å². The second-order valence-electron chi connectivity index (χ2n) is 7.46. The Bertz CT molecular complexity index is 1170. The minimum absolute atomic E-state index is 0.229. The zero-order valence-electron chi connectivity index (χ0n) is 17.1. The number of rotatable bonds is 4. The van der Waals surface area contributed by atoms with E-state index >= 15 is 0 Å². The smallest absolute Gasteiger partial charge is 0.270 e. The monoisotopic (exact) mass is 414 g/mol. The lowest BCUT2D eigenvalue weighted by Gasteiger charge is -2.33. The normalized spacial score (nSPS) is 14.7. The first kappa shape index (κ1) is 19.1. The number of benzene rings is 1. The van der Waals surface area contributed by atoms with Gasteiger partial charge in [0.25, 0.3) is 5.89 Å². The van der Waals surface area contributed by atoms with Crippen LogP contribution in [0.15, 0.2) is 59.3 Å². The standard InChI is InChI=1S/C22H22N8O/c1-29-9-11-30(12-10-29)18-8-7-16(13-24-18)17-14-25-20(23)19(26-17)22-28-27-21(31-22)15-5-3-2-4-6-15/h2-8,13-14H,9-12H2,1H3,(H2,23,25). The molecule has 0 saturated carbocycles. The molecular formula is C22H22N8O. The van der Waals surface area contributed by atoms with Gasteiger partial charge in [-0.2, -0.15) is 0 Å². The Morgan fingerprint density at radius 3 is 2.35 bits per heavy atom. The lowest BCUT2D eigenvalue weighted by atomic mass is 10.2. The zero-order chi connectivity index (χ0) is 21.2. The van der Waals surface area contributed by atoms with Gasteiger partial charge in [0.1, 0.15) is 5.82 Å². The van der Waals surface area contributed by atoms with Gasteiger partial charge in [0.2, 0.25) is 5.89 Å². The first-order valence-electron chi connectivity index (χ1n) is 10.1. The molecule has 4 aromatic rings. The van der Waals surface area contributed by atoms with E-state index in [0.29, 0.717) is 17.3 Å². The molecule has 156 valence electrons. The molecule has 9 heteroatoms. The molecule has 0 radical (unpaired) electrons.